The van der Waals surface area contributed by atoms with Crippen molar-refractivity contribution >= 4 is 22.8 Å². The van der Waals surface area contributed by atoms with Gasteiger partial charge in [-0.05, 0) is 24.3 Å². The lowest BCUT2D eigenvalue weighted by molar-refractivity contribution is 0.593. The third-order valence-corrected chi connectivity index (χ3v) is 2.66. The molecule has 2 heterocycles. The Morgan fingerprint density at radius 2 is 2.06 bits per heavy atom. The van der Waals surface area contributed by atoms with E-state index in [2.05, 4.69) is 9.97 Å². The molecule has 0 saturated heterocycles. The Kier molecular flexibility index (Phi) is 2.30. The Balaban J connectivity index is 2.27. The van der Waals surface area contributed by atoms with Gasteiger partial charge in [0.25, 0.3) is 0 Å². The average molecular weight is 249 g/mol. The first-order chi connectivity index (χ1) is 8.25. The SMILES string of the molecule is Fc1cccc(Cl)c1-c1nc2ncccc2o1. The molecule has 2 aromatic heterocycles. The van der Waals surface area contributed by atoms with Gasteiger partial charge >= 0.3 is 0 Å². The smallest absolute Gasteiger partial charge is 0.233 e. The number of halogens is 2. The number of nitrogens with zero attached hydrogens (tertiary/aromatic N) is 2. The van der Waals surface area contributed by atoms with Crippen LogP contribution in [0.1, 0.15) is 0 Å². The third kappa shape index (κ3) is 1.66. The van der Waals surface area contributed by atoms with E-state index < -0.39 is 5.82 Å². The van der Waals surface area contributed by atoms with Gasteiger partial charge in [0, 0.05) is 6.20 Å². The van der Waals surface area contributed by atoms with Gasteiger partial charge in [-0.3, -0.25) is 0 Å². The molecule has 0 radical (unpaired) electrons. The molecular formula is C12H6ClFN2O. The van der Waals surface area contributed by atoms with Crippen LogP contribution in [0.25, 0.3) is 22.7 Å². The Labute approximate surface area is 101 Å². The van der Waals surface area contributed by atoms with E-state index in [4.69, 9.17) is 16.0 Å². The number of fused-ring (bicyclic) bond motifs is 1. The predicted octanol–water partition coefficient (Wildman–Crippen LogP) is 3.68. The Morgan fingerprint density at radius 1 is 1.18 bits per heavy atom. The van der Waals surface area contributed by atoms with Crippen LogP contribution in [0.15, 0.2) is 40.9 Å². The monoisotopic (exact) mass is 248 g/mol. The van der Waals surface area contributed by atoms with Crippen LogP contribution >= 0.6 is 11.6 Å². The van der Waals surface area contributed by atoms with Gasteiger partial charge in [0.2, 0.25) is 5.89 Å². The number of oxazole rings is 1. The topological polar surface area (TPSA) is 38.9 Å². The molecule has 84 valence electrons. The quantitative estimate of drug-likeness (QED) is 0.659. The molecule has 0 fully saturated rings. The molecule has 0 atom stereocenters. The molecule has 0 bridgehead atoms. The molecule has 3 rings (SSSR count). The molecule has 0 unspecified atom stereocenters. The lowest BCUT2D eigenvalue weighted by Gasteiger charge is -1.99. The van der Waals surface area contributed by atoms with Crippen LogP contribution in [0.4, 0.5) is 4.39 Å². The van der Waals surface area contributed by atoms with Gasteiger partial charge in [-0.25, -0.2) is 9.37 Å². The first-order valence-corrected chi connectivity index (χ1v) is 5.29. The molecule has 0 saturated carbocycles. The molecule has 0 aliphatic carbocycles. The summed E-state index contributed by atoms with van der Waals surface area (Å²) in [4.78, 5) is 8.12. The molecule has 5 heteroatoms. The summed E-state index contributed by atoms with van der Waals surface area (Å²) in [6.45, 7) is 0. The van der Waals surface area contributed by atoms with Crippen molar-refractivity contribution < 1.29 is 8.81 Å². The fourth-order valence-electron chi connectivity index (χ4n) is 1.58. The van der Waals surface area contributed by atoms with E-state index >= 15 is 0 Å². The summed E-state index contributed by atoms with van der Waals surface area (Å²) in [6.07, 6.45) is 1.59. The molecule has 0 spiro atoms. The van der Waals surface area contributed by atoms with E-state index in [1.54, 1.807) is 24.4 Å². The van der Waals surface area contributed by atoms with Crippen LogP contribution in [0, 0.1) is 5.82 Å². The highest BCUT2D eigenvalue weighted by molar-refractivity contribution is 6.33. The maximum Gasteiger partial charge on any atom is 0.233 e. The largest absolute Gasteiger partial charge is 0.434 e. The van der Waals surface area contributed by atoms with E-state index in [9.17, 15) is 4.39 Å². The molecule has 0 aliphatic heterocycles. The van der Waals surface area contributed by atoms with Crippen LogP contribution in [-0.2, 0) is 0 Å². The summed E-state index contributed by atoms with van der Waals surface area (Å²) >= 11 is 5.93. The van der Waals surface area contributed by atoms with Crippen LogP contribution in [-0.4, -0.2) is 9.97 Å². The average Bonchev–Trinajstić information content (AvgIpc) is 2.71. The minimum atomic E-state index is -0.468. The normalized spacial score (nSPS) is 10.9. The van der Waals surface area contributed by atoms with Crippen LogP contribution < -0.4 is 0 Å². The lowest BCUT2D eigenvalue weighted by atomic mass is 10.2. The first-order valence-electron chi connectivity index (χ1n) is 4.91. The second-order valence-corrected chi connectivity index (χ2v) is 3.85. The summed E-state index contributed by atoms with van der Waals surface area (Å²) in [5.74, 6) is -0.328. The Bertz CT molecular complexity index is 643. The van der Waals surface area contributed by atoms with Crippen molar-refractivity contribution in [2.45, 2.75) is 0 Å². The maximum atomic E-state index is 13.7. The second-order valence-electron chi connectivity index (χ2n) is 3.44. The van der Waals surface area contributed by atoms with Crippen LogP contribution in [0.3, 0.4) is 0 Å². The van der Waals surface area contributed by atoms with Gasteiger partial charge in [0.15, 0.2) is 11.2 Å². The van der Waals surface area contributed by atoms with Gasteiger partial charge in [-0.2, -0.15) is 4.98 Å². The number of hydrogen-bond acceptors (Lipinski definition) is 3. The summed E-state index contributed by atoms with van der Waals surface area (Å²) in [7, 11) is 0. The molecule has 3 aromatic rings. The van der Waals surface area contributed by atoms with Crippen LogP contribution in [0.5, 0.6) is 0 Å². The number of pyridine rings is 1. The fourth-order valence-corrected chi connectivity index (χ4v) is 1.82. The molecule has 3 nitrogen and oxygen atoms in total. The molecule has 0 amide bonds. The molecule has 0 N–H and O–H groups in total. The second kappa shape index (κ2) is 3.82. The van der Waals surface area contributed by atoms with Gasteiger partial charge in [0.05, 0.1) is 10.6 Å². The minimum absolute atomic E-state index is 0.141. The number of benzene rings is 1. The van der Waals surface area contributed by atoms with E-state index in [0.717, 1.165) is 0 Å². The Hall–Kier alpha value is -1.94. The van der Waals surface area contributed by atoms with Gasteiger partial charge in [-0.1, -0.05) is 17.7 Å². The highest BCUT2D eigenvalue weighted by atomic mass is 35.5. The van der Waals surface area contributed by atoms with E-state index in [-0.39, 0.29) is 16.5 Å². The van der Waals surface area contributed by atoms with Gasteiger partial charge < -0.3 is 4.42 Å². The minimum Gasteiger partial charge on any atom is -0.434 e. The predicted molar refractivity (Wildman–Crippen MR) is 62.2 cm³/mol. The zero-order chi connectivity index (χ0) is 11.8. The van der Waals surface area contributed by atoms with Gasteiger partial charge in [0.1, 0.15) is 5.82 Å². The third-order valence-electron chi connectivity index (χ3n) is 2.34. The van der Waals surface area contributed by atoms with Crippen LogP contribution in [0.2, 0.25) is 5.02 Å². The molecule has 0 aliphatic rings. The van der Waals surface area contributed by atoms with Crippen molar-refractivity contribution in [3.63, 3.8) is 0 Å². The highest BCUT2D eigenvalue weighted by Gasteiger charge is 2.16. The van der Waals surface area contributed by atoms with Crippen molar-refractivity contribution in [2.75, 3.05) is 0 Å². The Morgan fingerprint density at radius 3 is 2.82 bits per heavy atom. The van der Waals surface area contributed by atoms with E-state index in [1.807, 2.05) is 0 Å². The van der Waals surface area contributed by atoms with E-state index in [0.29, 0.717) is 11.2 Å². The highest BCUT2D eigenvalue weighted by Crippen LogP contribution is 2.31. The number of aromatic nitrogens is 2. The number of hydrogen-bond donors (Lipinski definition) is 0. The zero-order valence-corrected chi connectivity index (χ0v) is 9.28. The van der Waals surface area contributed by atoms with Crippen molar-refractivity contribution in [3.8, 4) is 11.5 Å². The molecular weight excluding hydrogens is 243 g/mol. The lowest BCUT2D eigenvalue weighted by Crippen LogP contribution is -1.85. The van der Waals surface area contributed by atoms with Crippen molar-refractivity contribution in [1.29, 1.82) is 0 Å². The summed E-state index contributed by atoms with van der Waals surface area (Å²) in [5, 5.41) is 0.261. The first kappa shape index (κ1) is 10.2. The van der Waals surface area contributed by atoms with Crippen molar-refractivity contribution in [1.82, 2.24) is 9.97 Å². The zero-order valence-electron chi connectivity index (χ0n) is 8.52. The van der Waals surface area contributed by atoms with Crippen molar-refractivity contribution in [2.24, 2.45) is 0 Å². The molecule has 1 aromatic carbocycles. The number of rotatable bonds is 1. The summed E-state index contributed by atoms with van der Waals surface area (Å²) < 4.78 is 19.1. The molecule has 17 heavy (non-hydrogen) atoms. The van der Waals surface area contributed by atoms with Crippen molar-refractivity contribution in [3.05, 3.63) is 47.4 Å². The maximum absolute atomic E-state index is 13.7. The van der Waals surface area contributed by atoms with Gasteiger partial charge in [-0.15, -0.1) is 0 Å². The standard InChI is InChI=1S/C12H6ClFN2O/c13-7-3-1-4-8(14)10(7)12-16-11-9(17-12)5-2-6-15-11/h1-6H. The summed E-state index contributed by atoms with van der Waals surface area (Å²) in [6, 6.07) is 7.86. The van der Waals surface area contributed by atoms with E-state index in [1.165, 1.54) is 12.1 Å². The summed E-state index contributed by atoms with van der Waals surface area (Å²) in [5.41, 5.74) is 1.09. The fraction of sp³-hybridized carbons (Fsp3) is 0.